The number of aromatic nitrogens is 1. The van der Waals surface area contributed by atoms with Crippen LogP contribution in [0.2, 0.25) is 5.02 Å². The van der Waals surface area contributed by atoms with E-state index in [1.807, 2.05) is 0 Å². The molecule has 2 rings (SSSR count). The molecule has 0 radical (unpaired) electrons. The zero-order chi connectivity index (χ0) is 15.6. The normalized spacial score (nSPS) is 11.5. The van der Waals surface area contributed by atoms with Gasteiger partial charge in [0.15, 0.2) is 0 Å². The first-order valence-corrected chi connectivity index (χ1v) is 7.70. The van der Waals surface area contributed by atoms with E-state index in [0.717, 1.165) is 0 Å². The molecule has 0 saturated heterocycles. The van der Waals surface area contributed by atoms with Crippen LogP contribution in [0.5, 0.6) is 0 Å². The van der Waals surface area contributed by atoms with Gasteiger partial charge in [-0.25, -0.2) is 9.37 Å². The number of nitrogens with zero attached hydrogens (tertiary/aromatic N) is 1. The summed E-state index contributed by atoms with van der Waals surface area (Å²) in [4.78, 5) is 16.4. The third kappa shape index (κ3) is 3.24. The molecule has 2 aromatic rings. The van der Waals surface area contributed by atoms with Crippen molar-refractivity contribution in [2.45, 2.75) is 26.2 Å². The second-order valence-electron chi connectivity index (χ2n) is 5.01. The van der Waals surface area contributed by atoms with Gasteiger partial charge in [0.1, 0.15) is 16.2 Å². The molecular weight excluding hydrogens is 313 g/mol. The minimum Gasteiger partial charge on any atom is -0.465 e. The minimum atomic E-state index is -0.875. The van der Waals surface area contributed by atoms with Crippen molar-refractivity contribution in [2.24, 2.45) is 0 Å². The Hall–Kier alpha value is -1.46. The van der Waals surface area contributed by atoms with Gasteiger partial charge in [0.2, 0.25) is 0 Å². The van der Waals surface area contributed by atoms with Crippen molar-refractivity contribution in [3.8, 4) is 10.6 Å². The van der Waals surface area contributed by atoms with Gasteiger partial charge in [0.05, 0.1) is 12.3 Å². The fourth-order valence-electron chi connectivity index (χ4n) is 1.76. The van der Waals surface area contributed by atoms with Crippen LogP contribution in [-0.4, -0.2) is 17.6 Å². The van der Waals surface area contributed by atoms with E-state index in [1.165, 1.54) is 29.5 Å². The lowest BCUT2D eigenvalue weighted by molar-refractivity contribution is -0.148. The van der Waals surface area contributed by atoms with E-state index in [-0.39, 0.29) is 5.97 Å². The Kier molecular flexibility index (Phi) is 4.64. The molecule has 0 aliphatic carbocycles. The first-order valence-electron chi connectivity index (χ1n) is 6.45. The summed E-state index contributed by atoms with van der Waals surface area (Å²) >= 11 is 7.16. The maximum atomic E-state index is 13.9. The van der Waals surface area contributed by atoms with Crippen LogP contribution in [0.3, 0.4) is 0 Å². The second kappa shape index (κ2) is 6.12. The average Bonchev–Trinajstić information content (AvgIpc) is 2.92. The van der Waals surface area contributed by atoms with E-state index in [2.05, 4.69) is 4.98 Å². The van der Waals surface area contributed by atoms with Gasteiger partial charge in [-0.2, -0.15) is 0 Å². The second-order valence-corrected chi connectivity index (χ2v) is 6.30. The monoisotopic (exact) mass is 327 g/mol. The van der Waals surface area contributed by atoms with E-state index in [0.29, 0.717) is 27.9 Å². The first kappa shape index (κ1) is 15.9. The molecule has 0 atom stereocenters. The molecule has 21 heavy (non-hydrogen) atoms. The maximum absolute atomic E-state index is 13.9. The number of carbonyl (C=O) groups is 1. The number of ether oxygens (including phenoxy) is 1. The number of rotatable bonds is 4. The van der Waals surface area contributed by atoms with Crippen LogP contribution in [0.25, 0.3) is 10.6 Å². The van der Waals surface area contributed by atoms with Crippen molar-refractivity contribution in [3.63, 3.8) is 0 Å². The van der Waals surface area contributed by atoms with Gasteiger partial charge in [0, 0.05) is 16.0 Å². The number of hydrogen-bond donors (Lipinski definition) is 0. The van der Waals surface area contributed by atoms with Crippen molar-refractivity contribution >= 4 is 28.9 Å². The lowest BCUT2D eigenvalue weighted by atomic mass is 9.90. The van der Waals surface area contributed by atoms with Crippen LogP contribution in [0, 0.1) is 5.82 Å². The Balaban J connectivity index is 2.38. The van der Waals surface area contributed by atoms with Crippen LogP contribution in [0.15, 0.2) is 23.6 Å². The third-order valence-electron chi connectivity index (χ3n) is 3.09. The van der Waals surface area contributed by atoms with E-state index in [4.69, 9.17) is 16.3 Å². The third-order valence-corrected chi connectivity index (χ3v) is 4.20. The van der Waals surface area contributed by atoms with Gasteiger partial charge in [0.25, 0.3) is 0 Å². The summed E-state index contributed by atoms with van der Waals surface area (Å²) in [7, 11) is 0. The molecule has 0 fully saturated rings. The number of hydrogen-bond acceptors (Lipinski definition) is 4. The van der Waals surface area contributed by atoms with Crippen molar-refractivity contribution < 1.29 is 13.9 Å². The van der Waals surface area contributed by atoms with Gasteiger partial charge in [-0.05, 0) is 39.0 Å². The zero-order valence-corrected chi connectivity index (χ0v) is 13.5. The Bertz CT molecular complexity index is 669. The molecule has 3 nitrogen and oxygen atoms in total. The summed E-state index contributed by atoms with van der Waals surface area (Å²) in [6.07, 6.45) is 0. The lowest BCUT2D eigenvalue weighted by Gasteiger charge is -2.19. The number of thiazole rings is 1. The summed E-state index contributed by atoms with van der Waals surface area (Å²) in [5.41, 5.74) is 0.0125. The summed E-state index contributed by atoms with van der Waals surface area (Å²) in [6, 6.07) is 4.31. The molecule has 0 unspecified atom stereocenters. The SMILES string of the molecule is CCOC(=O)C(C)(C)c1csc(-c2cc(Cl)ccc2F)n1. The van der Waals surface area contributed by atoms with Gasteiger partial charge in [-0.15, -0.1) is 11.3 Å². The number of halogens is 2. The summed E-state index contributed by atoms with van der Waals surface area (Å²) < 4.78 is 18.9. The van der Waals surface area contributed by atoms with Crippen LogP contribution in [0.4, 0.5) is 4.39 Å². The largest absolute Gasteiger partial charge is 0.465 e. The predicted octanol–water partition coefficient (Wildman–Crippen LogP) is 4.44. The predicted molar refractivity (Wildman–Crippen MR) is 82.2 cm³/mol. The Labute approximate surface area is 131 Å². The smallest absolute Gasteiger partial charge is 0.317 e. The number of esters is 1. The van der Waals surface area contributed by atoms with Crippen LogP contribution in [-0.2, 0) is 14.9 Å². The molecular formula is C15H15ClFNO2S. The van der Waals surface area contributed by atoms with Crippen molar-refractivity contribution in [3.05, 3.63) is 40.1 Å². The van der Waals surface area contributed by atoms with Crippen LogP contribution < -0.4 is 0 Å². The standard InChI is InChI=1S/C15H15ClFNO2S/c1-4-20-14(19)15(2,3)12-8-21-13(18-12)10-7-9(16)5-6-11(10)17/h5-8H,4H2,1-3H3. The van der Waals surface area contributed by atoms with Crippen molar-refractivity contribution in [1.82, 2.24) is 4.98 Å². The quantitative estimate of drug-likeness (QED) is 0.779. The van der Waals surface area contributed by atoms with Crippen molar-refractivity contribution in [2.75, 3.05) is 6.61 Å². The molecule has 6 heteroatoms. The molecule has 0 amide bonds. The molecule has 0 bridgehead atoms. The highest BCUT2D eigenvalue weighted by Crippen LogP contribution is 2.33. The maximum Gasteiger partial charge on any atom is 0.317 e. The molecule has 0 aliphatic rings. The molecule has 112 valence electrons. The molecule has 0 spiro atoms. The highest BCUT2D eigenvalue weighted by atomic mass is 35.5. The molecule has 1 aromatic carbocycles. The Morgan fingerprint density at radius 2 is 2.19 bits per heavy atom. The Morgan fingerprint density at radius 3 is 2.86 bits per heavy atom. The molecule has 1 aromatic heterocycles. The lowest BCUT2D eigenvalue weighted by Crippen LogP contribution is -2.31. The van der Waals surface area contributed by atoms with Crippen molar-refractivity contribution in [1.29, 1.82) is 0 Å². The first-order chi connectivity index (χ1) is 9.86. The summed E-state index contributed by atoms with van der Waals surface area (Å²) in [5, 5.41) is 2.67. The highest BCUT2D eigenvalue weighted by molar-refractivity contribution is 7.13. The van der Waals surface area contributed by atoms with E-state index >= 15 is 0 Å². The van der Waals surface area contributed by atoms with Gasteiger partial charge >= 0.3 is 5.97 Å². The van der Waals surface area contributed by atoms with E-state index in [9.17, 15) is 9.18 Å². The zero-order valence-electron chi connectivity index (χ0n) is 11.9. The average molecular weight is 328 g/mol. The molecule has 0 saturated carbocycles. The molecule has 1 heterocycles. The van der Waals surface area contributed by atoms with Crippen LogP contribution >= 0.6 is 22.9 Å². The molecule has 0 N–H and O–H groups in total. The summed E-state index contributed by atoms with van der Waals surface area (Å²) in [5.74, 6) is -0.748. The van der Waals surface area contributed by atoms with E-state index < -0.39 is 11.2 Å². The fourth-order valence-corrected chi connectivity index (χ4v) is 2.94. The fraction of sp³-hybridized carbons (Fsp3) is 0.333. The molecule has 0 aliphatic heterocycles. The van der Waals surface area contributed by atoms with Gasteiger partial charge in [-0.1, -0.05) is 11.6 Å². The topological polar surface area (TPSA) is 39.2 Å². The van der Waals surface area contributed by atoms with Crippen LogP contribution in [0.1, 0.15) is 26.5 Å². The Morgan fingerprint density at radius 1 is 1.48 bits per heavy atom. The number of benzene rings is 1. The summed E-state index contributed by atoms with van der Waals surface area (Å²) in [6.45, 7) is 5.53. The minimum absolute atomic E-state index is 0.308. The van der Waals surface area contributed by atoms with Gasteiger partial charge in [-0.3, -0.25) is 4.79 Å². The van der Waals surface area contributed by atoms with Gasteiger partial charge < -0.3 is 4.74 Å². The van der Waals surface area contributed by atoms with E-state index in [1.54, 1.807) is 26.2 Å². The highest BCUT2D eigenvalue weighted by Gasteiger charge is 2.34. The number of carbonyl (C=O) groups excluding carboxylic acids is 1.